The number of nitrogens with zero attached hydrogens (tertiary/aromatic N) is 2. The van der Waals surface area contributed by atoms with Gasteiger partial charge in [-0.15, -0.1) is 0 Å². The maximum Gasteiger partial charge on any atom is 0.258 e. The van der Waals surface area contributed by atoms with E-state index in [1.165, 1.54) is 16.4 Å². The van der Waals surface area contributed by atoms with Crippen LogP contribution in [0.5, 0.6) is 0 Å². The van der Waals surface area contributed by atoms with Crippen molar-refractivity contribution in [2.45, 2.75) is 23.8 Å². The number of piperidine rings is 1. The highest BCUT2D eigenvalue weighted by Crippen LogP contribution is 2.37. The maximum absolute atomic E-state index is 14.5. The number of fused-ring (bicyclic) bond motifs is 4. The summed E-state index contributed by atoms with van der Waals surface area (Å²) in [6.45, 7) is 0.908. The summed E-state index contributed by atoms with van der Waals surface area (Å²) in [7, 11) is -4.00. The highest BCUT2D eigenvalue weighted by atomic mass is 35.5. The molecular formula is C24H21ClFN3O4S. The fraction of sp³-hybridized carbons (Fsp3) is 0.250. The first-order valence-electron chi connectivity index (χ1n) is 10.8. The van der Waals surface area contributed by atoms with Crippen LogP contribution in [0.2, 0.25) is 5.02 Å². The van der Waals surface area contributed by atoms with E-state index in [1.54, 1.807) is 34.9 Å². The van der Waals surface area contributed by atoms with Crippen molar-refractivity contribution < 1.29 is 17.6 Å². The number of hydrogen-bond acceptors (Lipinski definition) is 4. The number of rotatable bonds is 4. The van der Waals surface area contributed by atoms with Crippen LogP contribution in [0.3, 0.4) is 0 Å². The minimum Gasteiger partial charge on any atom is -0.321 e. The first-order valence-corrected chi connectivity index (χ1v) is 12.6. The second kappa shape index (κ2) is 8.65. The lowest BCUT2D eigenvalue weighted by atomic mass is 9.84. The number of carbonyl (C=O) groups excluding carboxylic acids is 1. The lowest BCUT2D eigenvalue weighted by molar-refractivity contribution is 0.102. The van der Waals surface area contributed by atoms with Crippen LogP contribution in [0.1, 0.15) is 28.4 Å². The minimum atomic E-state index is -4.00. The molecule has 7 nitrogen and oxygen atoms in total. The summed E-state index contributed by atoms with van der Waals surface area (Å²) >= 11 is 6.06. The van der Waals surface area contributed by atoms with Gasteiger partial charge < -0.3 is 9.88 Å². The van der Waals surface area contributed by atoms with Crippen molar-refractivity contribution in [3.8, 4) is 0 Å². The molecule has 1 N–H and O–H groups in total. The van der Waals surface area contributed by atoms with E-state index in [2.05, 4.69) is 5.32 Å². The van der Waals surface area contributed by atoms with Crippen LogP contribution in [-0.4, -0.2) is 36.3 Å². The summed E-state index contributed by atoms with van der Waals surface area (Å²) in [5.41, 5.74) is 0.633. The number of aromatic nitrogens is 1. The van der Waals surface area contributed by atoms with Gasteiger partial charge in [-0.1, -0.05) is 29.8 Å². The van der Waals surface area contributed by atoms with Gasteiger partial charge in [0.1, 0.15) is 5.82 Å². The molecule has 10 heteroatoms. The Bertz CT molecular complexity index is 1460. The topological polar surface area (TPSA) is 88.5 Å². The number of hydrogen-bond donors (Lipinski definition) is 1. The molecule has 2 aliphatic heterocycles. The predicted octanol–water partition coefficient (Wildman–Crippen LogP) is 3.70. The van der Waals surface area contributed by atoms with E-state index in [0.29, 0.717) is 12.2 Å². The average molecular weight is 502 g/mol. The molecule has 5 rings (SSSR count). The molecule has 2 unspecified atom stereocenters. The fourth-order valence-electron chi connectivity index (χ4n) is 4.79. The van der Waals surface area contributed by atoms with Crippen LogP contribution < -0.4 is 10.9 Å². The van der Waals surface area contributed by atoms with E-state index in [4.69, 9.17) is 11.6 Å². The van der Waals surface area contributed by atoms with Crippen LogP contribution in [0.25, 0.3) is 0 Å². The number of para-hydroxylation sites is 1. The molecule has 3 aromatic rings. The zero-order valence-electron chi connectivity index (χ0n) is 17.9. The molecule has 0 saturated carbocycles. The fourth-order valence-corrected chi connectivity index (χ4v) is 6.56. The number of carbonyl (C=O) groups is 1. The number of nitrogens with one attached hydrogen (secondary N) is 1. The summed E-state index contributed by atoms with van der Waals surface area (Å²) in [5.74, 6) is -1.76. The van der Waals surface area contributed by atoms with E-state index in [0.717, 1.165) is 24.2 Å². The van der Waals surface area contributed by atoms with Gasteiger partial charge in [0.25, 0.3) is 11.5 Å². The van der Waals surface area contributed by atoms with E-state index < -0.39 is 27.3 Å². The van der Waals surface area contributed by atoms with Gasteiger partial charge in [0.2, 0.25) is 10.0 Å². The van der Waals surface area contributed by atoms with Crippen molar-refractivity contribution >= 4 is 33.2 Å². The Kier molecular flexibility index (Phi) is 5.79. The maximum atomic E-state index is 14.5. The van der Waals surface area contributed by atoms with Crippen LogP contribution in [0.4, 0.5) is 10.1 Å². The zero-order valence-corrected chi connectivity index (χ0v) is 19.5. The summed E-state index contributed by atoms with van der Waals surface area (Å²) in [6.07, 6.45) is 0.796. The molecule has 2 aliphatic rings. The number of anilines is 1. The van der Waals surface area contributed by atoms with Gasteiger partial charge in [0.05, 0.1) is 21.2 Å². The summed E-state index contributed by atoms with van der Waals surface area (Å²) in [5, 5.41) is 2.80. The standard InChI is InChI=1S/C24H21ClFN3O4S/c25-19-4-1-2-5-21(19)27-24(31)18-11-17(8-9-20(18)26)34(32,33)28-12-15-10-16(14-28)22-6-3-7-23(30)29(22)13-15/h1-9,11,15-16H,10,12-14H2,(H,27,31). The first-order chi connectivity index (χ1) is 16.2. The molecule has 176 valence electrons. The van der Waals surface area contributed by atoms with Crippen molar-refractivity contribution in [2.24, 2.45) is 5.92 Å². The highest BCUT2D eigenvalue weighted by molar-refractivity contribution is 7.89. The molecule has 1 fully saturated rings. The second-order valence-corrected chi connectivity index (χ2v) is 10.9. The normalized spacial score (nSPS) is 19.9. The third kappa shape index (κ3) is 4.04. The van der Waals surface area contributed by atoms with E-state index in [9.17, 15) is 22.4 Å². The molecule has 2 bridgehead atoms. The number of pyridine rings is 1. The van der Waals surface area contributed by atoms with Gasteiger partial charge in [-0.05, 0) is 48.7 Å². The molecule has 1 saturated heterocycles. The highest BCUT2D eigenvalue weighted by Gasteiger charge is 2.39. The number of amides is 1. The number of benzene rings is 2. The van der Waals surface area contributed by atoms with Gasteiger partial charge in [0, 0.05) is 37.3 Å². The Labute approximate surface area is 200 Å². The number of halogens is 2. The van der Waals surface area contributed by atoms with Crippen LogP contribution in [0, 0.1) is 11.7 Å². The summed E-state index contributed by atoms with van der Waals surface area (Å²) < 4.78 is 44.6. The van der Waals surface area contributed by atoms with E-state index in [1.807, 2.05) is 6.07 Å². The Morgan fingerprint density at radius 3 is 2.62 bits per heavy atom. The summed E-state index contributed by atoms with van der Waals surface area (Å²) in [6, 6.07) is 14.7. The lowest BCUT2D eigenvalue weighted by Crippen LogP contribution is -2.49. The average Bonchev–Trinajstić information content (AvgIpc) is 2.81. The van der Waals surface area contributed by atoms with Crippen molar-refractivity contribution in [3.63, 3.8) is 0 Å². The summed E-state index contributed by atoms with van der Waals surface area (Å²) in [4.78, 5) is 24.8. The third-order valence-corrected chi connectivity index (χ3v) is 8.55. The van der Waals surface area contributed by atoms with Crippen LogP contribution in [-0.2, 0) is 16.6 Å². The smallest absolute Gasteiger partial charge is 0.258 e. The molecular weight excluding hydrogens is 481 g/mol. The van der Waals surface area contributed by atoms with Gasteiger partial charge in [0.15, 0.2) is 0 Å². The van der Waals surface area contributed by atoms with Gasteiger partial charge in [-0.25, -0.2) is 12.8 Å². The van der Waals surface area contributed by atoms with Crippen molar-refractivity contribution in [1.29, 1.82) is 0 Å². The molecule has 3 heterocycles. The van der Waals surface area contributed by atoms with Gasteiger partial charge in [-0.3, -0.25) is 9.59 Å². The molecule has 1 aromatic heterocycles. The monoisotopic (exact) mass is 501 g/mol. The van der Waals surface area contributed by atoms with Crippen molar-refractivity contribution in [2.75, 3.05) is 18.4 Å². The number of sulfonamides is 1. The van der Waals surface area contributed by atoms with Crippen molar-refractivity contribution in [3.05, 3.63) is 93.1 Å². The van der Waals surface area contributed by atoms with Gasteiger partial charge in [-0.2, -0.15) is 4.31 Å². The molecule has 34 heavy (non-hydrogen) atoms. The molecule has 2 atom stereocenters. The molecule has 0 spiro atoms. The largest absolute Gasteiger partial charge is 0.321 e. The SMILES string of the molecule is O=C(Nc1ccccc1Cl)c1cc(S(=O)(=O)N2CC3CC(C2)c2cccc(=O)n2C3)ccc1F. The predicted molar refractivity (Wildman–Crippen MR) is 126 cm³/mol. The Morgan fingerprint density at radius 1 is 1.03 bits per heavy atom. The Morgan fingerprint density at radius 2 is 1.82 bits per heavy atom. The lowest BCUT2D eigenvalue weighted by Gasteiger charge is -2.42. The van der Waals surface area contributed by atoms with Crippen LogP contribution >= 0.6 is 11.6 Å². The van der Waals surface area contributed by atoms with E-state index in [-0.39, 0.29) is 40.4 Å². The van der Waals surface area contributed by atoms with Crippen molar-refractivity contribution in [1.82, 2.24) is 8.87 Å². The van der Waals surface area contributed by atoms with E-state index >= 15 is 0 Å². The molecule has 2 aromatic carbocycles. The minimum absolute atomic E-state index is 0.00966. The van der Waals surface area contributed by atoms with Gasteiger partial charge >= 0.3 is 0 Å². The Hall–Kier alpha value is -3.01. The Balaban J connectivity index is 1.43. The van der Waals surface area contributed by atoms with Crippen LogP contribution in [0.15, 0.2) is 70.4 Å². The second-order valence-electron chi connectivity index (χ2n) is 8.60. The third-order valence-electron chi connectivity index (χ3n) is 6.39. The molecule has 0 radical (unpaired) electrons. The first kappa shape index (κ1) is 22.8. The quantitative estimate of drug-likeness (QED) is 0.590. The molecule has 1 amide bonds. The zero-order chi connectivity index (χ0) is 24.0. The molecule has 0 aliphatic carbocycles.